The average molecular weight is 237 g/mol. The Kier molecular flexibility index (Phi) is 3.78. The molecule has 1 rings (SSSR count). The topological polar surface area (TPSA) is 60.8 Å². The fraction of sp³-hybridized carbons (Fsp3) is 0.462. The van der Waals surface area contributed by atoms with Gasteiger partial charge in [-0.05, 0) is 32.4 Å². The predicted octanol–water partition coefficient (Wildman–Crippen LogP) is 1.54. The van der Waals surface area contributed by atoms with Crippen LogP contribution in [0.4, 0.5) is 0 Å². The molecule has 1 aromatic rings. The maximum absolute atomic E-state index is 12.1. The highest BCUT2D eigenvalue weighted by molar-refractivity contribution is 5.97. The number of carbonyl (C=O) groups is 1. The lowest BCUT2D eigenvalue weighted by atomic mass is 10.1. The Morgan fingerprint density at radius 3 is 2.53 bits per heavy atom. The number of hydrogen-bond donors (Lipinski definition) is 2. The predicted molar refractivity (Wildman–Crippen MR) is 66.1 cm³/mol. The van der Waals surface area contributed by atoms with Crippen molar-refractivity contribution in [3.63, 3.8) is 0 Å². The van der Waals surface area contributed by atoms with Gasteiger partial charge in [0.05, 0.1) is 11.2 Å². The first-order valence-corrected chi connectivity index (χ1v) is 5.49. The van der Waals surface area contributed by atoms with E-state index >= 15 is 0 Å². The van der Waals surface area contributed by atoms with Crippen LogP contribution in [0.25, 0.3) is 0 Å². The molecule has 94 valence electrons. The van der Waals surface area contributed by atoms with Crippen molar-refractivity contribution in [2.45, 2.75) is 26.4 Å². The molecule has 1 amide bonds. The van der Waals surface area contributed by atoms with E-state index in [4.69, 9.17) is 0 Å². The fourth-order valence-corrected chi connectivity index (χ4v) is 1.69. The van der Waals surface area contributed by atoms with Crippen LogP contribution in [0.3, 0.4) is 0 Å². The summed E-state index contributed by atoms with van der Waals surface area (Å²) in [6.45, 7) is 5.21. The summed E-state index contributed by atoms with van der Waals surface area (Å²) < 4.78 is 0. The molecule has 0 unspecified atom stereocenters. The number of likely N-dealkylation sites (N-methyl/N-ethyl adjacent to an activating group) is 1. The number of aromatic hydroxyl groups is 1. The molecule has 0 aromatic heterocycles. The lowest BCUT2D eigenvalue weighted by Gasteiger charge is -2.26. The second-order valence-electron chi connectivity index (χ2n) is 4.94. The molecule has 0 aliphatic heterocycles. The molecule has 0 aliphatic rings. The van der Waals surface area contributed by atoms with Gasteiger partial charge in [0.25, 0.3) is 5.91 Å². The van der Waals surface area contributed by atoms with Gasteiger partial charge in [0, 0.05) is 13.6 Å². The molecular weight excluding hydrogens is 218 g/mol. The van der Waals surface area contributed by atoms with Crippen LogP contribution in [0.15, 0.2) is 18.2 Å². The molecule has 0 radical (unpaired) electrons. The molecule has 2 N–H and O–H groups in total. The third-order valence-corrected chi connectivity index (χ3v) is 2.44. The fourth-order valence-electron chi connectivity index (χ4n) is 1.69. The van der Waals surface area contributed by atoms with Crippen LogP contribution in [0.2, 0.25) is 0 Å². The van der Waals surface area contributed by atoms with Gasteiger partial charge in [-0.15, -0.1) is 0 Å². The number of para-hydroxylation sites is 1. The van der Waals surface area contributed by atoms with Crippen molar-refractivity contribution in [2.24, 2.45) is 0 Å². The van der Waals surface area contributed by atoms with Crippen LogP contribution in [-0.4, -0.2) is 40.2 Å². The molecule has 17 heavy (non-hydrogen) atoms. The normalized spacial score (nSPS) is 11.4. The highest BCUT2D eigenvalue weighted by atomic mass is 16.3. The molecule has 4 nitrogen and oxygen atoms in total. The molecule has 0 saturated carbocycles. The molecule has 4 heteroatoms. The minimum absolute atomic E-state index is 0.0000888. The van der Waals surface area contributed by atoms with E-state index in [1.54, 1.807) is 46.0 Å². The van der Waals surface area contributed by atoms with E-state index in [2.05, 4.69) is 0 Å². The van der Waals surface area contributed by atoms with Gasteiger partial charge in [-0.1, -0.05) is 12.1 Å². The molecule has 0 atom stereocenters. The zero-order valence-corrected chi connectivity index (χ0v) is 10.7. The Labute approximate surface area is 101 Å². The van der Waals surface area contributed by atoms with Crippen molar-refractivity contribution in [1.82, 2.24) is 4.90 Å². The number of hydrogen-bond acceptors (Lipinski definition) is 3. The van der Waals surface area contributed by atoms with E-state index in [1.165, 1.54) is 4.90 Å². The van der Waals surface area contributed by atoms with E-state index in [9.17, 15) is 15.0 Å². The second-order valence-corrected chi connectivity index (χ2v) is 4.94. The van der Waals surface area contributed by atoms with Gasteiger partial charge in [-0.2, -0.15) is 0 Å². The molecule has 0 spiro atoms. The largest absolute Gasteiger partial charge is 0.507 e. The highest BCUT2D eigenvalue weighted by Gasteiger charge is 2.22. The number of phenols is 1. The molecular formula is C13H19NO3. The maximum Gasteiger partial charge on any atom is 0.257 e. The van der Waals surface area contributed by atoms with Crippen LogP contribution in [0, 0.1) is 6.92 Å². The zero-order valence-electron chi connectivity index (χ0n) is 10.7. The Bertz CT molecular complexity index is 421. The number of aryl methyl sites for hydroxylation is 1. The lowest BCUT2D eigenvalue weighted by Crippen LogP contribution is -2.39. The standard InChI is InChI=1S/C13H19NO3/c1-9-6-5-7-10(11(9)15)12(16)14(4)8-13(2,3)17/h5-7,15,17H,8H2,1-4H3. The van der Waals surface area contributed by atoms with Crippen LogP contribution in [0.5, 0.6) is 5.75 Å². The van der Waals surface area contributed by atoms with Crippen LogP contribution in [-0.2, 0) is 0 Å². The number of rotatable bonds is 3. The van der Waals surface area contributed by atoms with Gasteiger partial charge in [-0.25, -0.2) is 0 Å². The summed E-state index contributed by atoms with van der Waals surface area (Å²) in [5.41, 5.74) is -0.0339. The van der Waals surface area contributed by atoms with Crippen molar-refractivity contribution in [3.05, 3.63) is 29.3 Å². The van der Waals surface area contributed by atoms with Crippen LogP contribution < -0.4 is 0 Å². The van der Waals surface area contributed by atoms with Crippen molar-refractivity contribution in [2.75, 3.05) is 13.6 Å². The van der Waals surface area contributed by atoms with E-state index in [0.717, 1.165) is 0 Å². The molecule has 0 bridgehead atoms. The Morgan fingerprint density at radius 1 is 1.41 bits per heavy atom. The first-order chi connectivity index (χ1) is 7.72. The summed E-state index contributed by atoms with van der Waals surface area (Å²) in [7, 11) is 1.60. The summed E-state index contributed by atoms with van der Waals surface area (Å²) in [5, 5.41) is 19.5. The van der Waals surface area contributed by atoms with Crippen molar-refractivity contribution in [3.8, 4) is 5.75 Å². The minimum atomic E-state index is -0.955. The molecule has 1 aromatic carbocycles. The molecule has 0 heterocycles. The van der Waals surface area contributed by atoms with Crippen LogP contribution >= 0.6 is 0 Å². The minimum Gasteiger partial charge on any atom is -0.507 e. The Hall–Kier alpha value is -1.55. The first-order valence-electron chi connectivity index (χ1n) is 5.49. The number of amides is 1. The van der Waals surface area contributed by atoms with E-state index < -0.39 is 5.60 Å². The number of nitrogens with zero attached hydrogens (tertiary/aromatic N) is 1. The number of phenolic OH excluding ortho intramolecular Hbond substituents is 1. The van der Waals surface area contributed by atoms with Crippen LogP contribution in [0.1, 0.15) is 29.8 Å². The Balaban J connectivity index is 2.93. The highest BCUT2D eigenvalue weighted by Crippen LogP contribution is 2.22. The summed E-state index contributed by atoms with van der Waals surface area (Å²) in [4.78, 5) is 13.4. The average Bonchev–Trinajstić information content (AvgIpc) is 2.18. The van der Waals surface area contributed by atoms with E-state index in [1.807, 2.05) is 0 Å². The number of benzene rings is 1. The SMILES string of the molecule is Cc1cccc(C(=O)N(C)CC(C)(C)O)c1O. The van der Waals surface area contributed by atoms with Gasteiger partial charge in [0.1, 0.15) is 5.75 Å². The van der Waals surface area contributed by atoms with Gasteiger partial charge >= 0.3 is 0 Å². The van der Waals surface area contributed by atoms with Gasteiger partial charge in [0.2, 0.25) is 0 Å². The molecule has 0 aliphatic carbocycles. The zero-order chi connectivity index (χ0) is 13.2. The summed E-state index contributed by atoms with van der Waals surface area (Å²) in [5.74, 6) is -0.298. The third-order valence-electron chi connectivity index (χ3n) is 2.44. The summed E-state index contributed by atoms with van der Waals surface area (Å²) in [6.07, 6.45) is 0. The quantitative estimate of drug-likeness (QED) is 0.838. The Morgan fingerprint density at radius 2 is 2.00 bits per heavy atom. The lowest BCUT2D eigenvalue weighted by molar-refractivity contribution is 0.0366. The van der Waals surface area contributed by atoms with Gasteiger partial charge in [0.15, 0.2) is 0 Å². The molecule has 0 saturated heterocycles. The van der Waals surface area contributed by atoms with Crippen molar-refractivity contribution in [1.29, 1.82) is 0 Å². The first kappa shape index (κ1) is 13.5. The van der Waals surface area contributed by atoms with E-state index in [0.29, 0.717) is 5.56 Å². The number of aliphatic hydroxyl groups is 1. The summed E-state index contributed by atoms with van der Waals surface area (Å²) in [6, 6.07) is 5.04. The third kappa shape index (κ3) is 3.46. The van der Waals surface area contributed by atoms with E-state index in [-0.39, 0.29) is 23.8 Å². The smallest absolute Gasteiger partial charge is 0.257 e. The monoisotopic (exact) mass is 237 g/mol. The maximum atomic E-state index is 12.1. The van der Waals surface area contributed by atoms with Crippen molar-refractivity contribution < 1.29 is 15.0 Å². The van der Waals surface area contributed by atoms with Gasteiger partial charge in [-0.3, -0.25) is 4.79 Å². The second kappa shape index (κ2) is 4.75. The van der Waals surface area contributed by atoms with Gasteiger partial charge < -0.3 is 15.1 Å². The summed E-state index contributed by atoms with van der Waals surface area (Å²) >= 11 is 0. The number of carbonyl (C=O) groups excluding carboxylic acids is 1. The van der Waals surface area contributed by atoms with Crippen molar-refractivity contribution >= 4 is 5.91 Å². The molecule has 0 fully saturated rings.